The van der Waals surface area contributed by atoms with Gasteiger partial charge in [-0.2, -0.15) is 0 Å². The van der Waals surface area contributed by atoms with E-state index in [4.69, 9.17) is 21.4 Å². The minimum atomic E-state index is -0.151. The number of aliphatic hydroxyl groups excluding tert-OH is 1. The standard InChI is InChI=1S/C10H14ClN3O2/c1-7-4-12-10(11)13-9(7)14-2-3-16-8(5-14)6-15/h4,8,15H,2-3,5-6H2,1H3. The van der Waals surface area contributed by atoms with Crippen molar-refractivity contribution in [2.24, 2.45) is 0 Å². The molecular weight excluding hydrogens is 230 g/mol. The summed E-state index contributed by atoms with van der Waals surface area (Å²) < 4.78 is 5.38. The molecule has 16 heavy (non-hydrogen) atoms. The predicted octanol–water partition coefficient (Wildman–Crippen LogP) is 0.636. The van der Waals surface area contributed by atoms with Crippen LogP contribution in [0.2, 0.25) is 5.28 Å². The van der Waals surface area contributed by atoms with E-state index in [9.17, 15) is 0 Å². The fourth-order valence-electron chi connectivity index (χ4n) is 1.75. The molecular formula is C10H14ClN3O2. The first-order chi connectivity index (χ1) is 7.70. The molecule has 1 aliphatic heterocycles. The maximum absolute atomic E-state index is 9.07. The van der Waals surface area contributed by atoms with Crippen LogP contribution in [0.15, 0.2) is 6.20 Å². The van der Waals surface area contributed by atoms with Crippen LogP contribution in [0.4, 0.5) is 5.82 Å². The van der Waals surface area contributed by atoms with E-state index in [0.717, 1.165) is 17.9 Å². The van der Waals surface area contributed by atoms with Gasteiger partial charge >= 0.3 is 0 Å². The van der Waals surface area contributed by atoms with E-state index < -0.39 is 0 Å². The molecule has 1 N–H and O–H groups in total. The quantitative estimate of drug-likeness (QED) is 0.773. The van der Waals surface area contributed by atoms with Gasteiger partial charge in [-0.05, 0) is 18.5 Å². The maximum Gasteiger partial charge on any atom is 0.224 e. The number of aliphatic hydroxyl groups is 1. The molecule has 88 valence electrons. The molecule has 0 saturated carbocycles. The molecule has 0 aliphatic carbocycles. The Balaban J connectivity index is 2.19. The summed E-state index contributed by atoms with van der Waals surface area (Å²) in [6.45, 7) is 3.94. The number of morpholine rings is 1. The Morgan fingerprint density at radius 2 is 2.50 bits per heavy atom. The first-order valence-corrected chi connectivity index (χ1v) is 5.55. The number of halogens is 1. The lowest BCUT2D eigenvalue weighted by atomic mass is 10.2. The monoisotopic (exact) mass is 243 g/mol. The minimum absolute atomic E-state index is 0.0222. The predicted molar refractivity (Wildman–Crippen MR) is 60.8 cm³/mol. The highest BCUT2D eigenvalue weighted by molar-refractivity contribution is 6.28. The second kappa shape index (κ2) is 4.95. The van der Waals surface area contributed by atoms with E-state index in [1.807, 2.05) is 6.92 Å². The van der Waals surface area contributed by atoms with Crippen LogP contribution in [0.1, 0.15) is 5.56 Å². The van der Waals surface area contributed by atoms with Gasteiger partial charge < -0.3 is 14.7 Å². The summed E-state index contributed by atoms with van der Waals surface area (Å²) >= 11 is 5.78. The van der Waals surface area contributed by atoms with Crippen molar-refractivity contribution in [1.29, 1.82) is 0 Å². The third kappa shape index (κ3) is 2.42. The molecule has 1 aliphatic rings. The van der Waals surface area contributed by atoms with Crippen molar-refractivity contribution < 1.29 is 9.84 Å². The number of ether oxygens (including phenoxy) is 1. The van der Waals surface area contributed by atoms with Crippen LogP contribution >= 0.6 is 11.6 Å². The molecule has 1 aromatic rings. The molecule has 0 amide bonds. The Morgan fingerprint density at radius 3 is 3.25 bits per heavy atom. The molecule has 0 aromatic carbocycles. The molecule has 0 spiro atoms. The summed E-state index contributed by atoms with van der Waals surface area (Å²) in [7, 11) is 0. The summed E-state index contributed by atoms with van der Waals surface area (Å²) in [5.74, 6) is 0.821. The lowest BCUT2D eigenvalue weighted by molar-refractivity contribution is 0.00332. The van der Waals surface area contributed by atoms with E-state index in [1.54, 1.807) is 6.20 Å². The summed E-state index contributed by atoms with van der Waals surface area (Å²) in [5.41, 5.74) is 0.975. The zero-order chi connectivity index (χ0) is 11.5. The third-order valence-corrected chi connectivity index (χ3v) is 2.74. The fraction of sp³-hybridized carbons (Fsp3) is 0.600. The summed E-state index contributed by atoms with van der Waals surface area (Å²) in [6, 6.07) is 0. The van der Waals surface area contributed by atoms with E-state index in [-0.39, 0.29) is 18.0 Å². The average Bonchev–Trinajstić information content (AvgIpc) is 2.32. The molecule has 0 bridgehead atoms. The van der Waals surface area contributed by atoms with Crippen LogP contribution in [-0.4, -0.2) is 47.5 Å². The van der Waals surface area contributed by atoms with Gasteiger partial charge in [-0.25, -0.2) is 9.97 Å². The zero-order valence-electron chi connectivity index (χ0n) is 9.06. The fourth-order valence-corrected chi connectivity index (χ4v) is 1.88. The van der Waals surface area contributed by atoms with Crippen molar-refractivity contribution >= 4 is 17.4 Å². The largest absolute Gasteiger partial charge is 0.394 e. The van der Waals surface area contributed by atoms with Gasteiger partial charge in [0.2, 0.25) is 5.28 Å². The molecule has 1 fully saturated rings. The Bertz CT molecular complexity index is 375. The van der Waals surface area contributed by atoms with E-state index in [2.05, 4.69) is 14.9 Å². The average molecular weight is 244 g/mol. The van der Waals surface area contributed by atoms with Crippen molar-refractivity contribution in [1.82, 2.24) is 9.97 Å². The van der Waals surface area contributed by atoms with Crippen molar-refractivity contribution in [3.05, 3.63) is 17.0 Å². The number of anilines is 1. The van der Waals surface area contributed by atoms with Crippen LogP contribution in [-0.2, 0) is 4.74 Å². The van der Waals surface area contributed by atoms with Crippen molar-refractivity contribution in [2.45, 2.75) is 13.0 Å². The van der Waals surface area contributed by atoms with Crippen LogP contribution in [0, 0.1) is 6.92 Å². The molecule has 1 atom stereocenters. The summed E-state index contributed by atoms with van der Waals surface area (Å²) in [5, 5.41) is 9.31. The normalized spacial score (nSPS) is 21.2. The first kappa shape index (κ1) is 11.6. The Morgan fingerprint density at radius 1 is 1.69 bits per heavy atom. The molecule has 6 heteroatoms. The van der Waals surface area contributed by atoms with Crippen LogP contribution < -0.4 is 4.90 Å². The van der Waals surface area contributed by atoms with Crippen molar-refractivity contribution in [3.8, 4) is 0 Å². The van der Waals surface area contributed by atoms with Gasteiger partial charge in [-0.15, -0.1) is 0 Å². The smallest absolute Gasteiger partial charge is 0.224 e. The first-order valence-electron chi connectivity index (χ1n) is 5.17. The van der Waals surface area contributed by atoms with Gasteiger partial charge in [0, 0.05) is 24.8 Å². The third-order valence-electron chi connectivity index (χ3n) is 2.56. The lowest BCUT2D eigenvalue weighted by Crippen LogP contribution is -2.44. The number of hydrogen-bond acceptors (Lipinski definition) is 5. The number of hydrogen-bond donors (Lipinski definition) is 1. The van der Waals surface area contributed by atoms with Crippen molar-refractivity contribution in [3.63, 3.8) is 0 Å². The van der Waals surface area contributed by atoms with Gasteiger partial charge in [0.1, 0.15) is 5.82 Å². The molecule has 2 rings (SSSR count). The van der Waals surface area contributed by atoms with Crippen LogP contribution in [0.5, 0.6) is 0 Å². The highest BCUT2D eigenvalue weighted by Crippen LogP contribution is 2.20. The van der Waals surface area contributed by atoms with E-state index in [1.165, 1.54) is 0 Å². The van der Waals surface area contributed by atoms with Crippen LogP contribution in [0.3, 0.4) is 0 Å². The molecule has 5 nitrogen and oxygen atoms in total. The van der Waals surface area contributed by atoms with Gasteiger partial charge in [-0.3, -0.25) is 0 Å². The number of aryl methyl sites for hydroxylation is 1. The minimum Gasteiger partial charge on any atom is -0.394 e. The summed E-state index contributed by atoms with van der Waals surface area (Å²) in [4.78, 5) is 10.2. The van der Waals surface area contributed by atoms with Gasteiger partial charge in [0.15, 0.2) is 0 Å². The Hall–Kier alpha value is -0.910. The highest BCUT2D eigenvalue weighted by atomic mass is 35.5. The second-order valence-corrected chi connectivity index (χ2v) is 4.11. The Kier molecular flexibility index (Phi) is 3.58. The van der Waals surface area contributed by atoms with Crippen LogP contribution in [0.25, 0.3) is 0 Å². The highest BCUT2D eigenvalue weighted by Gasteiger charge is 2.22. The van der Waals surface area contributed by atoms with Gasteiger partial charge in [-0.1, -0.05) is 0 Å². The van der Waals surface area contributed by atoms with E-state index >= 15 is 0 Å². The summed E-state index contributed by atoms with van der Waals surface area (Å²) in [6.07, 6.45) is 1.55. The number of aromatic nitrogens is 2. The van der Waals surface area contributed by atoms with Crippen molar-refractivity contribution in [2.75, 3.05) is 31.2 Å². The van der Waals surface area contributed by atoms with E-state index in [0.29, 0.717) is 13.2 Å². The molecule has 1 saturated heterocycles. The zero-order valence-corrected chi connectivity index (χ0v) is 9.81. The molecule has 1 aromatic heterocycles. The number of nitrogens with zero attached hydrogens (tertiary/aromatic N) is 3. The molecule has 0 radical (unpaired) electrons. The SMILES string of the molecule is Cc1cnc(Cl)nc1N1CCOC(CO)C1. The second-order valence-electron chi connectivity index (χ2n) is 3.77. The maximum atomic E-state index is 9.07. The molecule has 1 unspecified atom stereocenters. The van der Waals surface area contributed by atoms with Gasteiger partial charge in [0.05, 0.1) is 19.3 Å². The molecule has 2 heterocycles. The topological polar surface area (TPSA) is 58.5 Å². The number of rotatable bonds is 2. The van der Waals surface area contributed by atoms with Gasteiger partial charge in [0.25, 0.3) is 0 Å². The lowest BCUT2D eigenvalue weighted by Gasteiger charge is -2.33. The Labute approximate surface area is 99.0 Å².